The van der Waals surface area contributed by atoms with Crippen LogP contribution in [0.2, 0.25) is 0 Å². The Kier molecular flexibility index (Phi) is 6.42. The average Bonchev–Trinajstić information content (AvgIpc) is 3.85. The SMILES string of the molecule is CC1(C)CCC(C)(C)c2cc(N(c3ccc(-c4ccccc4)cc3)c3ccc4c(c3)-c3c(-c5ccccc5)cccc3C43C4CC5CC6CC3C64C5)ccc21. The Balaban J connectivity index is 1.07. The van der Waals surface area contributed by atoms with Crippen molar-refractivity contribution in [2.75, 3.05) is 4.90 Å². The van der Waals surface area contributed by atoms with Crippen LogP contribution >= 0.6 is 0 Å². The lowest BCUT2D eigenvalue weighted by molar-refractivity contribution is -0.231. The van der Waals surface area contributed by atoms with Gasteiger partial charge in [0, 0.05) is 22.5 Å². The van der Waals surface area contributed by atoms with Crippen molar-refractivity contribution in [2.45, 2.75) is 82.5 Å². The maximum Gasteiger partial charge on any atom is 0.0468 e. The zero-order valence-corrected chi connectivity index (χ0v) is 32.8. The highest BCUT2D eigenvalue weighted by atomic mass is 15.1. The van der Waals surface area contributed by atoms with Crippen LogP contribution in [0.1, 0.15) is 88.5 Å². The van der Waals surface area contributed by atoms with E-state index in [2.05, 4.69) is 172 Å². The Morgan fingerprint density at radius 1 is 0.473 bits per heavy atom. The van der Waals surface area contributed by atoms with Gasteiger partial charge in [0.05, 0.1) is 0 Å². The largest absolute Gasteiger partial charge is 0.310 e. The minimum absolute atomic E-state index is 0.124. The molecule has 6 aliphatic rings. The molecule has 2 spiro atoms. The quantitative estimate of drug-likeness (QED) is 0.172. The van der Waals surface area contributed by atoms with Gasteiger partial charge in [-0.1, -0.05) is 131 Å². The second-order valence-corrected chi connectivity index (χ2v) is 19.6. The molecule has 55 heavy (non-hydrogen) atoms. The third kappa shape index (κ3) is 4.10. The third-order valence-electron chi connectivity index (χ3n) is 16.4. The van der Waals surface area contributed by atoms with Gasteiger partial charge in [-0.2, -0.15) is 0 Å². The van der Waals surface area contributed by atoms with E-state index in [-0.39, 0.29) is 16.2 Å². The van der Waals surface area contributed by atoms with Crippen molar-refractivity contribution in [2.24, 2.45) is 29.1 Å². The number of nitrogens with zero attached hydrogens (tertiary/aromatic N) is 1. The van der Waals surface area contributed by atoms with Crippen LogP contribution in [0.3, 0.4) is 0 Å². The summed E-state index contributed by atoms with van der Waals surface area (Å²) >= 11 is 0. The van der Waals surface area contributed by atoms with E-state index in [0.29, 0.717) is 5.41 Å². The van der Waals surface area contributed by atoms with Crippen molar-refractivity contribution >= 4 is 17.1 Å². The van der Waals surface area contributed by atoms with Gasteiger partial charge in [0.2, 0.25) is 0 Å². The molecule has 1 nitrogen and oxygen atoms in total. The second-order valence-electron chi connectivity index (χ2n) is 19.6. The minimum Gasteiger partial charge on any atom is -0.310 e. The van der Waals surface area contributed by atoms with Gasteiger partial charge in [-0.05, 0) is 170 Å². The van der Waals surface area contributed by atoms with E-state index in [1.807, 2.05) is 0 Å². The maximum absolute atomic E-state index is 2.60. The van der Waals surface area contributed by atoms with Crippen LogP contribution in [0.15, 0.2) is 140 Å². The molecule has 0 N–H and O–H groups in total. The van der Waals surface area contributed by atoms with E-state index in [4.69, 9.17) is 0 Å². The first kappa shape index (κ1) is 32.4. The highest BCUT2D eigenvalue weighted by Crippen LogP contribution is 2.89. The van der Waals surface area contributed by atoms with Crippen molar-refractivity contribution in [1.29, 1.82) is 0 Å². The molecule has 0 radical (unpaired) electrons. The molecule has 272 valence electrons. The summed E-state index contributed by atoms with van der Waals surface area (Å²) < 4.78 is 0. The highest BCUT2D eigenvalue weighted by Gasteiger charge is 2.84. The molecule has 2 bridgehead atoms. The maximum atomic E-state index is 2.60. The number of anilines is 3. The van der Waals surface area contributed by atoms with Gasteiger partial charge in [-0.3, -0.25) is 0 Å². The van der Waals surface area contributed by atoms with Crippen molar-refractivity contribution < 1.29 is 0 Å². The van der Waals surface area contributed by atoms with Gasteiger partial charge in [-0.25, -0.2) is 0 Å². The van der Waals surface area contributed by atoms with E-state index >= 15 is 0 Å². The van der Waals surface area contributed by atoms with Gasteiger partial charge in [0.1, 0.15) is 0 Å². The fourth-order valence-electron chi connectivity index (χ4n) is 14.0. The monoisotopic (exact) mass is 713 g/mol. The molecule has 6 aromatic carbocycles. The molecular formula is C54H51N. The first-order chi connectivity index (χ1) is 26.7. The van der Waals surface area contributed by atoms with Crippen LogP contribution in [0.25, 0.3) is 33.4 Å². The molecule has 6 aromatic rings. The smallest absolute Gasteiger partial charge is 0.0468 e. The van der Waals surface area contributed by atoms with Crippen LogP contribution in [0.4, 0.5) is 17.1 Å². The molecule has 0 aromatic heterocycles. The fraction of sp³-hybridized carbons (Fsp3) is 0.333. The molecule has 4 fully saturated rings. The van der Waals surface area contributed by atoms with E-state index < -0.39 is 0 Å². The predicted molar refractivity (Wildman–Crippen MR) is 228 cm³/mol. The van der Waals surface area contributed by atoms with Crippen molar-refractivity contribution in [3.63, 3.8) is 0 Å². The topological polar surface area (TPSA) is 3.24 Å². The molecule has 1 heteroatoms. The fourth-order valence-corrected chi connectivity index (χ4v) is 14.0. The second kappa shape index (κ2) is 10.9. The van der Waals surface area contributed by atoms with E-state index in [1.54, 1.807) is 11.1 Å². The zero-order chi connectivity index (χ0) is 36.9. The molecule has 0 amide bonds. The Morgan fingerprint density at radius 2 is 1.09 bits per heavy atom. The molecule has 0 saturated heterocycles. The molecule has 12 rings (SSSR count). The van der Waals surface area contributed by atoms with E-state index in [0.717, 1.165) is 23.7 Å². The summed E-state index contributed by atoms with van der Waals surface area (Å²) in [7, 11) is 0. The van der Waals surface area contributed by atoms with Crippen molar-refractivity contribution in [3.8, 4) is 33.4 Å². The van der Waals surface area contributed by atoms with Crippen LogP contribution in [-0.2, 0) is 16.2 Å². The highest BCUT2D eigenvalue weighted by molar-refractivity contribution is 5.96. The summed E-state index contributed by atoms with van der Waals surface area (Å²) in [6.07, 6.45) is 8.26. The lowest BCUT2D eigenvalue weighted by Crippen LogP contribution is -2.73. The average molecular weight is 714 g/mol. The Bertz CT molecular complexity index is 2530. The summed E-state index contributed by atoms with van der Waals surface area (Å²) in [5.74, 6) is 3.49. The molecular weight excluding hydrogens is 663 g/mol. The molecule has 0 aliphatic heterocycles. The van der Waals surface area contributed by atoms with E-state index in [1.165, 1.54) is 100 Å². The summed E-state index contributed by atoms with van der Waals surface area (Å²) in [6, 6.07) is 53.7. The summed E-state index contributed by atoms with van der Waals surface area (Å²) in [6.45, 7) is 9.77. The first-order valence-corrected chi connectivity index (χ1v) is 21.1. The predicted octanol–water partition coefficient (Wildman–Crippen LogP) is 14.2. The van der Waals surface area contributed by atoms with Crippen LogP contribution in [-0.4, -0.2) is 0 Å². The molecule has 6 aliphatic carbocycles. The first-order valence-electron chi connectivity index (χ1n) is 21.1. The standard InChI is InChI=1S/C54H51N/c1-51(2)26-27-52(3,4)47-32-41(23-25-45(47)51)55(39-20-18-36(19-21-39)35-12-7-5-8-13-35)40-22-24-44-43(31-40)50-42(37-14-9-6-10-15-37)16-11-17-46(50)54(44)48-29-34-28-38-30-49(54)53(38,48)33-34/h5-25,31-32,34,38,48-49H,26-30,33H2,1-4H3. The molecule has 0 heterocycles. The van der Waals surface area contributed by atoms with Crippen LogP contribution in [0.5, 0.6) is 0 Å². The zero-order valence-electron chi connectivity index (χ0n) is 32.8. The Hall–Kier alpha value is -4.88. The third-order valence-corrected chi connectivity index (χ3v) is 16.4. The van der Waals surface area contributed by atoms with Gasteiger partial charge < -0.3 is 4.90 Å². The van der Waals surface area contributed by atoms with Crippen molar-refractivity contribution in [3.05, 3.63) is 162 Å². The number of rotatable bonds is 5. The van der Waals surface area contributed by atoms with Gasteiger partial charge in [-0.15, -0.1) is 0 Å². The number of benzene rings is 6. The minimum atomic E-state index is 0.124. The van der Waals surface area contributed by atoms with Gasteiger partial charge in [0.25, 0.3) is 0 Å². The molecule has 4 saturated carbocycles. The molecule has 6 atom stereocenters. The lowest BCUT2D eigenvalue weighted by Gasteiger charge is -2.76. The number of hydrogen-bond donors (Lipinski definition) is 0. The van der Waals surface area contributed by atoms with E-state index in [9.17, 15) is 0 Å². The lowest BCUT2D eigenvalue weighted by atomic mass is 9.27. The summed E-state index contributed by atoms with van der Waals surface area (Å²) in [5.41, 5.74) is 19.2. The number of hydrogen-bond acceptors (Lipinski definition) is 1. The van der Waals surface area contributed by atoms with Crippen LogP contribution in [0, 0.1) is 29.1 Å². The normalized spacial score (nSPS) is 29.1. The Labute approximate surface area is 327 Å². The number of fused-ring (bicyclic) bond motifs is 9. The van der Waals surface area contributed by atoms with Gasteiger partial charge >= 0.3 is 0 Å². The van der Waals surface area contributed by atoms with Crippen LogP contribution < -0.4 is 4.90 Å². The van der Waals surface area contributed by atoms with Gasteiger partial charge in [0.15, 0.2) is 0 Å². The summed E-state index contributed by atoms with van der Waals surface area (Å²) in [5, 5.41) is 0. The van der Waals surface area contributed by atoms with Crippen molar-refractivity contribution in [1.82, 2.24) is 0 Å². The molecule has 6 unspecified atom stereocenters. The summed E-state index contributed by atoms with van der Waals surface area (Å²) in [4.78, 5) is 2.56. The Morgan fingerprint density at radius 3 is 1.82 bits per heavy atom.